The van der Waals surface area contributed by atoms with E-state index in [1.165, 1.54) is 6.07 Å². The van der Waals surface area contributed by atoms with E-state index in [0.29, 0.717) is 30.8 Å². The molecule has 1 fully saturated rings. The molecule has 0 bridgehead atoms. The zero-order valence-corrected chi connectivity index (χ0v) is 14.3. The number of carboxylic acid groups (broad SMARTS) is 1. The van der Waals surface area contributed by atoms with Crippen LogP contribution in [-0.2, 0) is 9.59 Å². The van der Waals surface area contributed by atoms with Gasteiger partial charge in [-0.1, -0.05) is 0 Å². The van der Waals surface area contributed by atoms with Crippen molar-refractivity contribution >= 4 is 22.8 Å². The maximum absolute atomic E-state index is 12.4. The number of piperidine rings is 1. The van der Waals surface area contributed by atoms with E-state index < -0.39 is 11.6 Å². The van der Waals surface area contributed by atoms with Crippen LogP contribution in [0.1, 0.15) is 25.7 Å². The van der Waals surface area contributed by atoms with E-state index in [1.54, 1.807) is 29.2 Å². The quantitative estimate of drug-likeness (QED) is 0.795. The van der Waals surface area contributed by atoms with Crippen LogP contribution in [0.2, 0.25) is 0 Å². The van der Waals surface area contributed by atoms with Crippen molar-refractivity contribution in [1.29, 1.82) is 0 Å². The number of fused-ring (bicyclic) bond motifs is 1. The fourth-order valence-electron chi connectivity index (χ4n) is 3.22. The molecule has 3 rings (SSSR count). The molecule has 2 heterocycles. The molecule has 1 aromatic heterocycles. The minimum atomic E-state index is -0.806. The van der Waals surface area contributed by atoms with Crippen molar-refractivity contribution in [3.63, 3.8) is 0 Å². The lowest BCUT2D eigenvalue weighted by Crippen LogP contribution is -2.42. The minimum absolute atomic E-state index is 0.103. The van der Waals surface area contributed by atoms with E-state index in [9.17, 15) is 14.4 Å². The Labute approximate surface area is 150 Å². The number of likely N-dealkylation sites (tertiary alicyclic amines) is 1. The topological polar surface area (TPSA) is 97.0 Å². The van der Waals surface area contributed by atoms with Crippen LogP contribution in [0.5, 0.6) is 5.75 Å². The molecule has 1 saturated heterocycles. The number of amides is 1. The third kappa shape index (κ3) is 4.62. The lowest BCUT2D eigenvalue weighted by molar-refractivity contribution is -0.137. The molecule has 7 heteroatoms. The second-order valence-electron chi connectivity index (χ2n) is 6.52. The highest BCUT2D eigenvalue weighted by Crippen LogP contribution is 2.22. The van der Waals surface area contributed by atoms with Crippen LogP contribution in [0.25, 0.3) is 11.0 Å². The van der Waals surface area contributed by atoms with Gasteiger partial charge in [0.1, 0.15) is 11.3 Å². The first-order valence-corrected chi connectivity index (χ1v) is 8.67. The molecule has 1 unspecified atom stereocenters. The van der Waals surface area contributed by atoms with Crippen molar-refractivity contribution < 1.29 is 23.8 Å². The molecule has 1 amide bonds. The molecule has 0 aliphatic carbocycles. The molecule has 1 aliphatic rings. The largest absolute Gasteiger partial charge is 0.484 e. The number of carbonyl (C=O) groups excluding carboxylic acids is 1. The molecular formula is C19H21NO6. The summed E-state index contributed by atoms with van der Waals surface area (Å²) in [5, 5.41) is 9.57. The molecule has 1 aliphatic heterocycles. The van der Waals surface area contributed by atoms with Gasteiger partial charge in [0.25, 0.3) is 5.91 Å². The zero-order chi connectivity index (χ0) is 18.5. The van der Waals surface area contributed by atoms with Gasteiger partial charge in [0, 0.05) is 37.0 Å². The smallest absolute Gasteiger partial charge is 0.336 e. The first-order valence-electron chi connectivity index (χ1n) is 8.67. The second-order valence-corrected chi connectivity index (χ2v) is 6.52. The Bertz CT molecular complexity index is 858. The van der Waals surface area contributed by atoms with E-state index in [4.69, 9.17) is 14.3 Å². The molecule has 2 aromatic rings. The lowest BCUT2D eigenvalue weighted by atomic mass is 9.93. The fraction of sp³-hybridized carbons (Fsp3) is 0.421. The number of hydrogen-bond donors (Lipinski definition) is 1. The number of rotatable bonds is 6. The Kier molecular flexibility index (Phi) is 5.55. The predicted octanol–water partition coefficient (Wildman–Crippen LogP) is 2.28. The van der Waals surface area contributed by atoms with E-state index in [1.807, 2.05) is 0 Å². The van der Waals surface area contributed by atoms with Gasteiger partial charge >= 0.3 is 11.6 Å². The maximum Gasteiger partial charge on any atom is 0.336 e. The van der Waals surface area contributed by atoms with Crippen LogP contribution in [0, 0.1) is 5.92 Å². The monoisotopic (exact) mass is 359 g/mol. The summed E-state index contributed by atoms with van der Waals surface area (Å²) in [6, 6.07) is 8.10. The number of carboxylic acids is 1. The van der Waals surface area contributed by atoms with Gasteiger partial charge in [0.15, 0.2) is 6.61 Å². The number of nitrogens with zero attached hydrogens (tertiary/aromatic N) is 1. The summed E-state index contributed by atoms with van der Waals surface area (Å²) in [5.74, 6) is -0.252. The summed E-state index contributed by atoms with van der Waals surface area (Å²) in [7, 11) is 0. The molecule has 138 valence electrons. The minimum Gasteiger partial charge on any atom is -0.484 e. The third-order valence-electron chi connectivity index (χ3n) is 4.60. The fourth-order valence-corrected chi connectivity index (χ4v) is 3.22. The lowest BCUT2D eigenvalue weighted by Gasteiger charge is -2.32. The summed E-state index contributed by atoms with van der Waals surface area (Å²) in [4.78, 5) is 36.1. The van der Waals surface area contributed by atoms with Gasteiger partial charge in [-0.3, -0.25) is 9.59 Å². The highest BCUT2D eigenvalue weighted by Gasteiger charge is 2.24. The van der Waals surface area contributed by atoms with Gasteiger partial charge in [-0.05, 0) is 43.4 Å². The number of hydrogen-bond acceptors (Lipinski definition) is 5. The highest BCUT2D eigenvalue weighted by atomic mass is 16.5. The normalized spacial score (nSPS) is 17.2. The van der Waals surface area contributed by atoms with Crippen molar-refractivity contribution in [2.75, 3.05) is 19.7 Å². The molecule has 0 radical (unpaired) electrons. The third-order valence-corrected chi connectivity index (χ3v) is 4.60. The molecular weight excluding hydrogens is 338 g/mol. The van der Waals surface area contributed by atoms with Crippen LogP contribution >= 0.6 is 0 Å². The number of ether oxygens (including phenoxy) is 1. The van der Waals surface area contributed by atoms with Gasteiger partial charge in [0.2, 0.25) is 0 Å². The van der Waals surface area contributed by atoms with Gasteiger partial charge in [0.05, 0.1) is 0 Å². The Morgan fingerprint density at radius 1 is 1.27 bits per heavy atom. The summed E-state index contributed by atoms with van der Waals surface area (Å²) >= 11 is 0. The number of aliphatic carboxylic acids is 1. The molecule has 1 N–H and O–H groups in total. The van der Waals surface area contributed by atoms with E-state index >= 15 is 0 Å². The Hall–Kier alpha value is -2.83. The maximum atomic E-state index is 12.4. The average molecular weight is 359 g/mol. The van der Waals surface area contributed by atoms with E-state index in [2.05, 4.69) is 0 Å². The number of benzene rings is 1. The van der Waals surface area contributed by atoms with Crippen molar-refractivity contribution in [2.24, 2.45) is 5.92 Å². The summed E-state index contributed by atoms with van der Waals surface area (Å²) in [6.07, 6.45) is 2.54. The molecule has 1 aromatic carbocycles. The summed E-state index contributed by atoms with van der Waals surface area (Å²) < 4.78 is 10.7. The molecule has 7 nitrogen and oxygen atoms in total. The van der Waals surface area contributed by atoms with Crippen LogP contribution in [-0.4, -0.2) is 41.6 Å². The Morgan fingerprint density at radius 3 is 2.88 bits per heavy atom. The highest BCUT2D eigenvalue weighted by molar-refractivity contribution is 5.79. The van der Waals surface area contributed by atoms with Crippen LogP contribution < -0.4 is 10.4 Å². The molecule has 0 saturated carbocycles. The Morgan fingerprint density at radius 2 is 2.08 bits per heavy atom. The molecule has 0 spiro atoms. The Balaban J connectivity index is 1.56. The van der Waals surface area contributed by atoms with E-state index in [-0.39, 0.29) is 24.9 Å². The standard InChI is InChI=1S/C19H21NO6/c21-17(20-9-1-2-13(11-20)3-7-18(22)23)12-25-15-6-4-14-5-8-19(24)26-16(14)10-15/h4-6,8,10,13H,1-3,7,9,11-12H2,(H,22,23). The second kappa shape index (κ2) is 8.03. The first kappa shape index (κ1) is 18.0. The van der Waals surface area contributed by atoms with Crippen molar-refractivity contribution in [1.82, 2.24) is 4.90 Å². The van der Waals surface area contributed by atoms with Gasteiger partial charge in [-0.2, -0.15) is 0 Å². The number of carbonyl (C=O) groups is 2. The van der Waals surface area contributed by atoms with Crippen LogP contribution in [0.15, 0.2) is 39.5 Å². The van der Waals surface area contributed by atoms with Crippen LogP contribution in [0.4, 0.5) is 0 Å². The molecule has 26 heavy (non-hydrogen) atoms. The van der Waals surface area contributed by atoms with Gasteiger partial charge in [-0.15, -0.1) is 0 Å². The van der Waals surface area contributed by atoms with Gasteiger partial charge in [-0.25, -0.2) is 4.79 Å². The average Bonchev–Trinajstić information content (AvgIpc) is 2.64. The van der Waals surface area contributed by atoms with Gasteiger partial charge < -0.3 is 19.2 Å². The summed E-state index contributed by atoms with van der Waals surface area (Å²) in [6.45, 7) is 1.13. The van der Waals surface area contributed by atoms with Crippen LogP contribution in [0.3, 0.4) is 0 Å². The summed E-state index contributed by atoms with van der Waals surface area (Å²) in [5.41, 5.74) is -0.0272. The predicted molar refractivity (Wildman–Crippen MR) is 94.2 cm³/mol. The van der Waals surface area contributed by atoms with Crippen molar-refractivity contribution in [3.05, 3.63) is 40.8 Å². The van der Waals surface area contributed by atoms with Crippen molar-refractivity contribution in [3.8, 4) is 5.75 Å². The first-order chi connectivity index (χ1) is 12.5. The zero-order valence-electron chi connectivity index (χ0n) is 14.3. The SMILES string of the molecule is O=C(O)CCC1CCCN(C(=O)COc2ccc3ccc(=O)oc3c2)C1. The van der Waals surface area contributed by atoms with Crippen molar-refractivity contribution in [2.45, 2.75) is 25.7 Å². The molecule has 1 atom stereocenters. The van der Waals surface area contributed by atoms with E-state index in [0.717, 1.165) is 18.2 Å².